The number of rotatable bonds is 6. The van der Waals surface area contributed by atoms with E-state index < -0.39 is 16.4 Å². The van der Waals surface area contributed by atoms with Crippen molar-refractivity contribution in [1.82, 2.24) is 4.98 Å². The van der Waals surface area contributed by atoms with Crippen molar-refractivity contribution in [2.45, 2.75) is 6.92 Å². The Labute approximate surface area is 195 Å². The number of nitro groups is 1. The molecule has 0 bridgehead atoms. The predicted molar refractivity (Wildman–Crippen MR) is 130 cm³/mol. The number of nitro benzene ring substituents is 1. The van der Waals surface area contributed by atoms with Crippen molar-refractivity contribution in [3.8, 4) is 28.1 Å². The van der Waals surface area contributed by atoms with E-state index in [0.717, 1.165) is 16.7 Å². The number of carbonyl (C=O) groups excluding carboxylic acids is 1. The van der Waals surface area contributed by atoms with E-state index in [9.17, 15) is 19.7 Å². The van der Waals surface area contributed by atoms with Gasteiger partial charge in [-0.25, -0.2) is 0 Å². The molecule has 2 N–H and O–H groups in total. The van der Waals surface area contributed by atoms with Gasteiger partial charge in [0.25, 0.3) is 11.5 Å². The number of benzene rings is 3. The van der Waals surface area contributed by atoms with Crippen molar-refractivity contribution in [2.75, 3.05) is 12.4 Å². The molecule has 3 aromatic carbocycles. The molecule has 4 aromatic rings. The molecule has 8 heteroatoms. The van der Waals surface area contributed by atoms with Crippen LogP contribution in [0.5, 0.6) is 5.75 Å². The van der Waals surface area contributed by atoms with E-state index >= 15 is 0 Å². The lowest BCUT2D eigenvalue weighted by Crippen LogP contribution is -2.23. The van der Waals surface area contributed by atoms with Crippen LogP contribution >= 0.6 is 0 Å². The third-order valence-electron chi connectivity index (χ3n) is 5.43. The highest BCUT2D eigenvalue weighted by atomic mass is 16.6. The summed E-state index contributed by atoms with van der Waals surface area (Å²) < 4.78 is 5.05. The maximum Gasteiger partial charge on any atom is 0.311 e. The first-order chi connectivity index (χ1) is 16.4. The normalized spacial score (nSPS) is 10.5. The highest BCUT2D eigenvalue weighted by Gasteiger charge is 2.19. The second kappa shape index (κ2) is 9.41. The monoisotopic (exact) mass is 455 g/mol. The number of pyridine rings is 1. The maximum atomic E-state index is 12.7. The summed E-state index contributed by atoms with van der Waals surface area (Å²) >= 11 is 0. The first-order valence-corrected chi connectivity index (χ1v) is 10.4. The molecule has 0 fully saturated rings. The molecule has 4 rings (SSSR count). The van der Waals surface area contributed by atoms with Gasteiger partial charge in [0.15, 0.2) is 5.75 Å². The Kier molecular flexibility index (Phi) is 6.22. The van der Waals surface area contributed by atoms with E-state index in [0.29, 0.717) is 16.9 Å². The SMILES string of the molecule is COc1cc(NC(=O)c2ccc(-c3ccc(-c4ccccc4)cc3)[nH]c2=O)c(C)cc1[N+](=O)[O-]. The molecule has 0 aliphatic heterocycles. The third kappa shape index (κ3) is 4.56. The number of nitrogens with zero attached hydrogens (tertiary/aromatic N) is 1. The molecule has 0 radical (unpaired) electrons. The number of hydrogen-bond acceptors (Lipinski definition) is 5. The number of aromatic amines is 1. The molecule has 1 aromatic heterocycles. The second-order valence-corrected chi connectivity index (χ2v) is 7.61. The number of aryl methyl sites for hydroxylation is 1. The Morgan fingerprint density at radius 2 is 1.59 bits per heavy atom. The summed E-state index contributed by atoms with van der Waals surface area (Å²) in [6, 6.07) is 23.5. The average molecular weight is 455 g/mol. The molecular weight excluding hydrogens is 434 g/mol. The number of amides is 1. The number of hydrogen-bond donors (Lipinski definition) is 2. The molecule has 0 spiro atoms. The van der Waals surface area contributed by atoms with Gasteiger partial charge in [0.2, 0.25) is 0 Å². The van der Waals surface area contributed by atoms with Crippen molar-refractivity contribution in [2.24, 2.45) is 0 Å². The predicted octanol–water partition coefficient (Wildman–Crippen LogP) is 5.19. The second-order valence-electron chi connectivity index (χ2n) is 7.61. The number of ether oxygens (including phenoxy) is 1. The summed E-state index contributed by atoms with van der Waals surface area (Å²) in [6.45, 7) is 1.62. The number of anilines is 1. The van der Waals surface area contributed by atoms with E-state index in [4.69, 9.17) is 4.74 Å². The zero-order chi connectivity index (χ0) is 24.2. The molecule has 1 heterocycles. The van der Waals surface area contributed by atoms with E-state index in [1.54, 1.807) is 13.0 Å². The molecule has 0 aliphatic carbocycles. The zero-order valence-corrected chi connectivity index (χ0v) is 18.5. The maximum absolute atomic E-state index is 12.7. The van der Waals surface area contributed by atoms with Gasteiger partial charge in [-0.05, 0) is 41.3 Å². The average Bonchev–Trinajstić information content (AvgIpc) is 2.85. The third-order valence-corrected chi connectivity index (χ3v) is 5.43. The van der Waals surface area contributed by atoms with Crippen LogP contribution < -0.4 is 15.6 Å². The minimum absolute atomic E-state index is 0.00843. The lowest BCUT2D eigenvalue weighted by Gasteiger charge is -2.11. The Balaban J connectivity index is 1.56. The molecule has 1 amide bonds. The van der Waals surface area contributed by atoms with E-state index in [-0.39, 0.29) is 17.0 Å². The number of carbonyl (C=O) groups is 1. The quantitative estimate of drug-likeness (QED) is 0.307. The molecule has 34 heavy (non-hydrogen) atoms. The van der Waals surface area contributed by atoms with Gasteiger partial charge in [0, 0.05) is 23.5 Å². The summed E-state index contributed by atoms with van der Waals surface area (Å²) in [6.07, 6.45) is 0. The summed E-state index contributed by atoms with van der Waals surface area (Å²) in [5.74, 6) is -0.625. The van der Waals surface area contributed by atoms with Crippen molar-refractivity contribution >= 4 is 17.3 Å². The first-order valence-electron chi connectivity index (χ1n) is 10.4. The van der Waals surface area contributed by atoms with Crippen LogP contribution in [-0.2, 0) is 0 Å². The van der Waals surface area contributed by atoms with Gasteiger partial charge < -0.3 is 15.0 Å². The molecule has 8 nitrogen and oxygen atoms in total. The summed E-state index contributed by atoms with van der Waals surface area (Å²) in [4.78, 5) is 38.8. The molecule has 0 saturated heterocycles. The highest BCUT2D eigenvalue weighted by Crippen LogP contribution is 2.33. The molecule has 0 aliphatic rings. The molecule has 0 saturated carbocycles. The fourth-order valence-electron chi connectivity index (χ4n) is 3.60. The van der Waals surface area contributed by atoms with Gasteiger partial charge in [-0.15, -0.1) is 0 Å². The van der Waals surface area contributed by atoms with Crippen molar-refractivity contribution in [3.63, 3.8) is 0 Å². The van der Waals surface area contributed by atoms with Crippen molar-refractivity contribution in [1.29, 1.82) is 0 Å². The standard InChI is InChI=1S/C26H21N3O5/c1-16-14-23(29(32)33)24(34-2)15-22(16)28-26(31)20-12-13-21(27-25(20)30)19-10-8-18(9-11-19)17-6-4-3-5-7-17/h3-15H,1-2H3,(H,27,30)(H,28,31). The van der Waals surface area contributed by atoms with Gasteiger partial charge in [-0.1, -0.05) is 54.6 Å². The molecule has 0 unspecified atom stereocenters. The van der Waals surface area contributed by atoms with Crippen LogP contribution in [-0.4, -0.2) is 22.9 Å². The minimum atomic E-state index is -0.633. The topological polar surface area (TPSA) is 114 Å². The van der Waals surface area contributed by atoms with Gasteiger partial charge in [-0.3, -0.25) is 19.7 Å². The minimum Gasteiger partial charge on any atom is -0.490 e. The number of methoxy groups -OCH3 is 1. The molecular formula is C26H21N3O5. The lowest BCUT2D eigenvalue weighted by atomic mass is 10.0. The largest absolute Gasteiger partial charge is 0.490 e. The number of nitrogens with one attached hydrogen (secondary N) is 2. The van der Waals surface area contributed by atoms with E-state index in [1.807, 2.05) is 54.6 Å². The fraction of sp³-hybridized carbons (Fsp3) is 0.0769. The van der Waals surface area contributed by atoms with Crippen LogP contribution in [0.25, 0.3) is 22.4 Å². The van der Waals surface area contributed by atoms with E-state index in [2.05, 4.69) is 10.3 Å². The van der Waals surface area contributed by atoms with Crippen LogP contribution in [0.1, 0.15) is 15.9 Å². The van der Waals surface area contributed by atoms with Crippen molar-refractivity contribution < 1.29 is 14.5 Å². The van der Waals surface area contributed by atoms with Crippen LogP contribution in [0.2, 0.25) is 0 Å². The van der Waals surface area contributed by atoms with Gasteiger partial charge in [-0.2, -0.15) is 0 Å². The van der Waals surface area contributed by atoms with E-state index in [1.165, 1.54) is 25.3 Å². The summed E-state index contributed by atoms with van der Waals surface area (Å²) in [5, 5.41) is 13.8. The van der Waals surface area contributed by atoms with Crippen LogP contribution in [0.4, 0.5) is 11.4 Å². The van der Waals surface area contributed by atoms with Crippen LogP contribution in [0.15, 0.2) is 83.7 Å². The number of aromatic nitrogens is 1. The zero-order valence-electron chi connectivity index (χ0n) is 18.5. The van der Waals surface area contributed by atoms with Crippen molar-refractivity contribution in [3.05, 3.63) is 110 Å². The molecule has 0 atom stereocenters. The Morgan fingerprint density at radius 1 is 0.941 bits per heavy atom. The highest BCUT2D eigenvalue weighted by molar-refractivity contribution is 6.04. The summed E-state index contributed by atoms with van der Waals surface area (Å²) in [7, 11) is 1.30. The molecule has 170 valence electrons. The Bertz CT molecular complexity index is 1430. The van der Waals surface area contributed by atoms with Crippen LogP contribution in [0.3, 0.4) is 0 Å². The number of H-pyrrole nitrogens is 1. The first kappa shape index (κ1) is 22.5. The van der Waals surface area contributed by atoms with Gasteiger partial charge in [0.1, 0.15) is 5.56 Å². The van der Waals surface area contributed by atoms with Gasteiger partial charge in [0.05, 0.1) is 12.0 Å². The fourth-order valence-corrected chi connectivity index (χ4v) is 3.60. The van der Waals surface area contributed by atoms with Crippen LogP contribution in [0, 0.1) is 17.0 Å². The Morgan fingerprint density at radius 3 is 2.21 bits per heavy atom. The lowest BCUT2D eigenvalue weighted by molar-refractivity contribution is -0.385. The van der Waals surface area contributed by atoms with Gasteiger partial charge >= 0.3 is 5.69 Å². The summed E-state index contributed by atoms with van der Waals surface area (Å²) in [5.41, 5.74) is 3.46. The Hall–Kier alpha value is -4.72. The smallest absolute Gasteiger partial charge is 0.311 e.